The first-order chi connectivity index (χ1) is 6.27. The summed E-state index contributed by atoms with van der Waals surface area (Å²) in [5.41, 5.74) is 1.13. The second-order valence-corrected chi connectivity index (χ2v) is 2.70. The molecule has 0 aliphatic carbocycles. The molecule has 0 aromatic heterocycles. The van der Waals surface area contributed by atoms with E-state index in [4.69, 9.17) is 28.7 Å². The highest BCUT2D eigenvalue weighted by molar-refractivity contribution is 6.33. The van der Waals surface area contributed by atoms with Gasteiger partial charge in [-0.05, 0) is 12.1 Å². The molecule has 1 rings (SSSR count). The Morgan fingerprint density at radius 1 is 1.54 bits per heavy atom. The molecule has 0 amide bonds. The Hall–Kier alpha value is -1.24. The van der Waals surface area contributed by atoms with Crippen molar-refractivity contribution in [3.63, 3.8) is 0 Å². The number of benzene rings is 1. The summed E-state index contributed by atoms with van der Waals surface area (Å²) in [6, 6.07) is 6.78. The van der Waals surface area contributed by atoms with Gasteiger partial charge in [0.05, 0.1) is 22.9 Å². The van der Waals surface area contributed by atoms with Crippen LogP contribution in [0.15, 0.2) is 23.4 Å². The molecular weight excluding hydrogens is 211 g/mol. The van der Waals surface area contributed by atoms with Crippen LogP contribution in [-0.2, 0) is 4.39 Å². The maximum atomic E-state index is 8.54. The van der Waals surface area contributed by atoms with Crippen LogP contribution in [0.5, 0.6) is 0 Å². The zero-order valence-corrected chi connectivity index (χ0v) is 7.88. The number of rotatable bonds is 2. The molecule has 66 valence electrons. The zero-order chi connectivity index (χ0) is 9.68. The van der Waals surface area contributed by atoms with Crippen molar-refractivity contribution in [2.45, 2.75) is 0 Å². The summed E-state index contributed by atoms with van der Waals surface area (Å²) in [4.78, 5) is 0. The molecule has 0 saturated carbocycles. The van der Waals surface area contributed by atoms with Gasteiger partial charge in [-0.2, -0.15) is 5.26 Å². The second-order valence-electron chi connectivity index (χ2n) is 2.15. The number of halogens is 2. The predicted octanol–water partition coefficient (Wildman–Crippen LogP) is 2.72. The van der Waals surface area contributed by atoms with E-state index in [-0.39, 0.29) is 0 Å². The number of hydrogen-bond donors (Lipinski definition) is 0. The van der Waals surface area contributed by atoms with E-state index < -0.39 is 0 Å². The van der Waals surface area contributed by atoms with Crippen LogP contribution in [0, 0.1) is 11.3 Å². The van der Waals surface area contributed by atoms with Crippen LogP contribution in [-0.4, -0.2) is 6.21 Å². The quantitative estimate of drug-likeness (QED) is 0.562. The molecular formula is C8H4Cl2N2O. The second kappa shape index (κ2) is 4.70. The first kappa shape index (κ1) is 9.85. The molecule has 0 unspecified atom stereocenters. The third-order valence-corrected chi connectivity index (χ3v) is 1.77. The van der Waals surface area contributed by atoms with Crippen molar-refractivity contribution in [2.24, 2.45) is 5.16 Å². The van der Waals surface area contributed by atoms with Gasteiger partial charge in [-0.1, -0.05) is 22.8 Å². The summed E-state index contributed by atoms with van der Waals surface area (Å²) in [7, 11) is 0. The molecule has 0 heterocycles. The van der Waals surface area contributed by atoms with Crippen LogP contribution in [0.25, 0.3) is 0 Å². The predicted molar refractivity (Wildman–Crippen MR) is 50.7 cm³/mol. The van der Waals surface area contributed by atoms with E-state index in [1.54, 1.807) is 12.1 Å². The molecule has 13 heavy (non-hydrogen) atoms. The lowest BCUT2D eigenvalue weighted by Crippen LogP contribution is -1.84. The fraction of sp³-hybridized carbons (Fsp3) is 0. The van der Waals surface area contributed by atoms with E-state index in [0.29, 0.717) is 16.1 Å². The number of nitrogens with zero attached hydrogens (tertiary/aromatic N) is 2. The Labute approximate surface area is 85.3 Å². The molecule has 1 aromatic carbocycles. The topological polar surface area (TPSA) is 45.4 Å². The number of hydrogen-bond acceptors (Lipinski definition) is 3. The minimum absolute atomic E-state index is 0.427. The molecule has 0 saturated heterocycles. The molecule has 3 nitrogen and oxygen atoms in total. The van der Waals surface area contributed by atoms with E-state index in [1.807, 2.05) is 6.07 Å². The minimum atomic E-state index is 0.427. The summed E-state index contributed by atoms with van der Waals surface area (Å²) in [5, 5.41) is 12.3. The normalized spacial score (nSPS) is 9.92. The molecule has 5 heteroatoms. The molecule has 0 radical (unpaired) electrons. The first-order valence-corrected chi connectivity index (χ1v) is 3.97. The first-order valence-electron chi connectivity index (χ1n) is 3.28. The average Bonchev–Trinajstić information content (AvgIpc) is 2.16. The van der Waals surface area contributed by atoms with Crippen molar-refractivity contribution >= 4 is 29.7 Å². The van der Waals surface area contributed by atoms with E-state index >= 15 is 0 Å². The lowest BCUT2D eigenvalue weighted by Gasteiger charge is -1.96. The van der Waals surface area contributed by atoms with Gasteiger partial charge in [0.1, 0.15) is 0 Å². The van der Waals surface area contributed by atoms with Crippen molar-refractivity contribution in [1.29, 1.82) is 5.26 Å². The number of oxime groups is 1. The summed E-state index contributed by atoms with van der Waals surface area (Å²) in [5.74, 6) is 0. The van der Waals surface area contributed by atoms with Crippen molar-refractivity contribution < 1.29 is 4.39 Å². The van der Waals surface area contributed by atoms with Gasteiger partial charge in [-0.25, -0.2) is 0 Å². The minimum Gasteiger partial charge on any atom is -0.277 e. The van der Waals surface area contributed by atoms with E-state index in [0.717, 1.165) is 0 Å². The van der Waals surface area contributed by atoms with Crippen molar-refractivity contribution in [2.75, 3.05) is 0 Å². The van der Waals surface area contributed by atoms with E-state index in [9.17, 15) is 0 Å². The van der Waals surface area contributed by atoms with Gasteiger partial charge < -0.3 is 0 Å². The van der Waals surface area contributed by atoms with Crippen molar-refractivity contribution in [3.05, 3.63) is 34.3 Å². The van der Waals surface area contributed by atoms with E-state index in [2.05, 4.69) is 9.55 Å². The molecule has 1 aromatic rings. The van der Waals surface area contributed by atoms with Gasteiger partial charge in [0.2, 0.25) is 0 Å². The zero-order valence-electron chi connectivity index (χ0n) is 6.37. The van der Waals surface area contributed by atoms with Crippen molar-refractivity contribution in [1.82, 2.24) is 0 Å². The van der Waals surface area contributed by atoms with E-state index in [1.165, 1.54) is 12.3 Å². The number of nitriles is 1. The Balaban J connectivity index is 3.00. The fourth-order valence-corrected chi connectivity index (χ4v) is 1.05. The highest BCUT2D eigenvalue weighted by Crippen LogP contribution is 2.15. The molecule has 0 bridgehead atoms. The Morgan fingerprint density at radius 2 is 2.31 bits per heavy atom. The van der Waals surface area contributed by atoms with Crippen LogP contribution in [0.4, 0.5) is 0 Å². The average molecular weight is 215 g/mol. The summed E-state index contributed by atoms with van der Waals surface area (Å²) in [6.45, 7) is 0. The van der Waals surface area contributed by atoms with Crippen LogP contribution >= 0.6 is 23.5 Å². The van der Waals surface area contributed by atoms with Crippen LogP contribution in [0.2, 0.25) is 5.02 Å². The van der Waals surface area contributed by atoms with Gasteiger partial charge >= 0.3 is 0 Å². The maximum absolute atomic E-state index is 8.54. The Morgan fingerprint density at radius 3 is 2.85 bits per heavy atom. The van der Waals surface area contributed by atoms with Gasteiger partial charge in [-0.3, -0.25) is 4.39 Å². The van der Waals surface area contributed by atoms with Crippen LogP contribution in [0.1, 0.15) is 11.1 Å². The molecule has 0 spiro atoms. The summed E-state index contributed by atoms with van der Waals surface area (Å²) < 4.78 is 3.98. The van der Waals surface area contributed by atoms with Gasteiger partial charge in [0, 0.05) is 5.56 Å². The highest BCUT2D eigenvalue weighted by Gasteiger charge is 1.98. The Kier molecular flexibility index (Phi) is 3.56. The monoisotopic (exact) mass is 214 g/mol. The van der Waals surface area contributed by atoms with Gasteiger partial charge in [0.25, 0.3) is 0 Å². The molecule has 0 aliphatic rings. The fourth-order valence-electron chi connectivity index (χ4n) is 0.778. The smallest absolute Gasteiger partial charge is 0.167 e. The summed E-state index contributed by atoms with van der Waals surface area (Å²) in [6.07, 6.45) is 1.36. The molecule has 0 aliphatic heterocycles. The maximum Gasteiger partial charge on any atom is 0.167 e. The highest BCUT2D eigenvalue weighted by atomic mass is 35.5. The third kappa shape index (κ3) is 2.62. The van der Waals surface area contributed by atoms with Crippen LogP contribution < -0.4 is 0 Å². The van der Waals surface area contributed by atoms with Gasteiger partial charge in [-0.15, -0.1) is 0 Å². The molecule has 0 N–H and O–H groups in total. The molecule has 0 fully saturated rings. The largest absolute Gasteiger partial charge is 0.277 e. The third-order valence-electron chi connectivity index (χ3n) is 1.36. The Bertz CT molecular complexity index is 371. The standard InChI is InChI=1S/C8H4Cl2N2O/c9-8-3-6(4-11)1-2-7(8)5-12-13-10/h1-3,5H. The summed E-state index contributed by atoms with van der Waals surface area (Å²) >= 11 is 10.7. The SMILES string of the molecule is N#Cc1ccc(C=NOCl)c(Cl)c1. The lowest BCUT2D eigenvalue weighted by atomic mass is 10.2. The van der Waals surface area contributed by atoms with Crippen LogP contribution in [0.3, 0.4) is 0 Å². The lowest BCUT2D eigenvalue weighted by molar-refractivity contribution is 0.383. The molecule has 0 atom stereocenters. The van der Waals surface area contributed by atoms with Crippen molar-refractivity contribution in [3.8, 4) is 6.07 Å². The van der Waals surface area contributed by atoms with Gasteiger partial charge in [0.15, 0.2) is 11.9 Å².